The third-order valence-corrected chi connectivity index (χ3v) is 13.7. The molecule has 16 N–H and O–H groups in total. The number of phenolic OH excluding ortho intramolecular Hbond substituents is 1. The first kappa shape index (κ1) is 57.2. The van der Waals surface area contributed by atoms with E-state index in [2.05, 4.69) is 37.2 Å². The van der Waals surface area contributed by atoms with Crippen LogP contribution in [0.2, 0.25) is 0 Å². The average molecular weight is 1010 g/mol. The molecule has 69 heavy (non-hydrogen) atoms. The van der Waals surface area contributed by atoms with Crippen LogP contribution in [0, 0.1) is 11.8 Å². The topological polar surface area (TPSA) is 400 Å². The highest BCUT2D eigenvalue weighted by Gasteiger charge is 2.41. The van der Waals surface area contributed by atoms with Crippen molar-refractivity contribution < 1.29 is 57.8 Å². The quantitative estimate of drug-likeness (QED) is 0.0671. The van der Waals surface area contributed by atoms with Gasteiger partial charge in [-0.25, -0.2) is 0 Å². The summed E-state index contributed by atoms with van der Waals surface area (Å²) in [5, 5.41) is 27.7. The van der Waals surface area contributed by atoms with Gasteiger partial charge in [0.25, 0.3) is 0 Å². The lowest BCUT2D eigenvalue weighted by Gasteiger charge is -2.31. The van der Waals surface area contributed by atoms with Crippen molar-refractivity contribution in [1.29, 1.82) is 0 Å². The Balaban J connectivity index is 2.05. The number of benzene rings is 1. The highest BCUT2D eigenvalue weighted by molar-refractivity contribution is 8.76. The highest BCUT2D eigenvalue weighted by atomic mass is 33.1. The Hall–Kier alpha value is -6.15. The molecule has 0 saturated carbocycles. The van der Waals surface area contributed by atoms with Crippen LogP contribution in [-0.4, -0.2) is 148 Å². The molecule has 9 atom stereocenters. The number of hydrogen-bond donors (Lipinski definition) is 12. The van der Waals surface area contributed by atoms with Gasteiger partial charge in [0.2, 0.25) is 65.0 Å². The summed E-state index contributed by atoms with van der Waals surface area (Å²) in [5.74, 6) is -10.4. The van der Waals surface area contributed by atoms with Crippen LogP contribution in [0.15, 0.2) is 24.3 Å². The monoisotopic (exact) mass is 1010 g/mol. The highest BCUT2D eigenvalue weighted by Crippen LogP contribution is 2.26. The van der Waals surface area contributed by atoms with Crippen molar-refractivity contribution in [2.45, 2.75) is 127 Å². The lowest BCUT2D eigenvalue weighted by Crippen LogP contribution is -2.61. The van der Waals surface area contributed by atoms with E-state index in [9.17, 15) is 57.8 Å². The molecule has 2 aliphatic heterocycles. The van der Waals surface area contributed by atoms with E-state index in [-0.39, 0.29) is 49.0 Å². The number of phenols is 1. The Kier molecular flexibility index (Phi) is 23.0. The zero-order valence-electron chi connectivity index (χ0n) is 39.1. The summed E-state index contributed by atoms with van der Waals surface area (Å²) in [6.07, 6.45) is -0.694. The largest absolute Gasteiger partial charge is 0.508 e. The lowest BCUT2D eigenvalue weighted by molar-refractivity contribution is -0.142. The first-order valence-electron chi connectivity index (χ1n) is 22.5. The summed E-state index contributed by atoms with van der Waals surface area (Å²) >= 11 is 0. The van der Waals surface area contributed by atoms with Gasteiger partial charge in [0.1, 0.15) is 48.0 Å². The van der Waals surface area contributed by atoms with Crippen LogP contribution in [-0.2, 0) is 59.2 Å². The molecule has 2 saturated heterocycles. The van der Waals surface area contributed by atoms with Crippen LogP contribution < -0.4 is 60.2 Å². The van der Waals surface area contributed by atoms with Crippen LogP contribution in [0.5, 0.6) is 5.75 Å². The SMILES string of the molecule is CC[C@H](C)[C@@H]1NC(=O)[C@H](Cc2ccc(O)cc2)NC(=O)[C@@H](N)CSSC[C@@H](C(=O)N2CCC[C@H]2C(=O)N[C@@H](CC(C)C)C(=O)NCC(N)=O)NC(=O)[C@H](CC(N)=O)NC(=O)C(CCC(N)=O)NC1=O. The first-order chi connectivity index (χ1) is 32.5. The van der Waals surface area contributed by atoms with Gasteiger partial charge < -0.3 is 70.2 Å². The van der Waals surface area contributed by atoms with Crippen LogP contribution in [0.4, 0.5) is 0 Å². The van der Waals surface area contributed by atoms with Crippen LogP contribution in [0.25, 0.3) is 0 Å². The van der Waals surface area contributed by atoms with Gasteiger partial charge in [-0.05, 0) is 55.2 Å². The van der Waals surface area contributed by atoms with Crippen molar-refractivity contribution in [3.05, 3.63) is 29.8 Å². The molecule has 382 valence electrons. The minimum Gasteiger partial charge on any atom is -0.508 e. The van der Waals surface area contributed by atoms with Crippen LogP contribution >= 0.6 is 21.6 Å². The third-order valence-electron chi connectivity index (χ3n) is 11.3. The molecule has 1 aromatic rings. The van der Waals surface area contributed by atoms with E-state index in [0.29, 0.717) is 18.4 Å². The van der Waals surface area contributed by atoms with Gasteiger partial charge in [-0.3, -0.25) is 52.7 Å². The van der Waals surface area contributed by atoms with Crippen molar-refractivity contribution in [3.63, 3.8) is 0 Å². The lowest BCUT2D eigenvalue weighted by atomic mass is 9.96. The molecule has 2 fully saturated rings. The minimum absolute atomic E-state index is 0.0468. The maximum absolute atomic E-state index is 14.5. The number of aromatic hydroxyl groups is 1. The molecule has 26 heteroatoms. The number of carbonyl (C=O) groups is 11. The summed E-state index contributed by atoms with van der Waals surface area (Å²) in [5.41, 5.74) is 22.9. The number of carbonyl (C=O) groups excluding carboxylic acids is 11. The average Bonchev–Trinajstić information content (AvgIpc) is 3.78. The third kappa shape index (κ3) is 18.7. The number of amides is 11. The van der Waals surface area contributed by atoms with E-state index in [4.69, 9.17) is 22.9 Å². The molecule has 11 amide bonds. The number of nitrogens with two attached hydrogens (primary N) is 4. The molecule has 0 spiro atoms. The van der Waals surface area contributed by atoms with Gasteiger partial charge >= 0.3 is 0 Å². The van der Waals surface area contributed by atoms with Gasteiger partial charge in [-0.2, -0.15) is 0 Å². The van der Waals surface area contributed by atoms with Crippen LogP contribution in [0.3, 0.4) is 0 Å². The van der Waals surface area contributed by atoms with E-state index in [1.807, 2.05) is 13.8 Å². The number of nitrogens with one attached hydrogen (secondary N) is 7. The smallest absolute Gasteiger partial charge is 0.246 e. The Morgan fingerprint density at radius 3 is 2.00 bits per heavy atom. The molecule has 0 radical (unpaired) electrons. The van der Waals surface area contributed by atoms with Gasteiger partial charge in [0.05, 0.1) is 19.0 Å². The number of nitrogens with zero attached hydrogens (tertiary/aromatic N) is 1. The van der Waals surface area contributed by atoms with Crippen LogP contribution in [0.1, 0.15) is 78.2 Å². The fourth-order valence-corrected chi connectivity index (χ4v) is 9.62. The summed E-state index contributed by atoms with van der Waals surface area (Å²) in [6.45, 7) is 6.60. The van der Waals surface area contributed by atoms with E-state index in [1.165, 1.54) is 29.2 Å². The predicted octanol–water partition coefficient (Wildman–Crippen LogP) is -3.61. The fraction of sp³-hybridized carbons (Fsp3) is 0.605. The zero-order chi connectivity index (χ0) is 51.5. The van der Waals surface area contributed by atoms with Gasteiger partial charge in [-0.1, -0.05) is 67.8 Å². The molecular formula is C43H66N12O12S2. The summed E-state index contributed by atoms with van der Waals surface area (Å²) < 4.78 is 0. The molecule has 2 heterocycles. The number of hydrogen-bond acceptors (Lipinski definition) is 15. The Bertz CT molecular complexity index is 2050. The normalized spacial score (nSPS) is 24.3. The van der Waals surface area contributed by atoms with E-state index in [0.717, 1.165) is 21.6 Å². The predicted molar refractivity (Wildman–Crippen MR) is 254 cm³/mol. The van der Waals surface area contributed by atoms with Gasteiger partial charge in [0.15, 0.2) is 0 Å². The van der Waals surface area contributed by atoms with Crippen molar-refractivity contribution in [2.24, 2.45) is 34.8 Å². The first-order valence-corrected chi connectivity index (χ1v) is 25.0. The Labute approximate surface area is 407 Å². The number of likely N-dealkylation sites (tertiary alicyclic amines) is 1. The van der Waals surface area contributed by atoms with E-state index >= 15 is 0 Å². The molecule has 24 nitrogen and oxygen atoms in total. The molecule has 1 unspecified atom stereocenters. The Morgan fingerprint density at radius 2 is 1.39 bits per heavy atom. The summed E-state index contributed by atoms with van der Waals surface area (Å²) in [7, 11) is 2.05. The fourth-order valence-electron chi connectivity index (χ4n) is 7.34. The van der Waals surface area contributed by atoms with Crippen molar-refractivity contribution in [2.75, 3.05) is 24.6 Å². The number of rotatable bonds is 17. The number of primary amides is 3. The second kappa shape index (κ2) is 27.7. The standard InChI is InChI=1S/C43H66N12O12S2/c1-5-22(4)35-42(66)49-26(12-13-32(45)57)38(62)51-29(17-33(46)58)39(63)53-30(20-69-68-19-25(44)36(60)50-28(40(64)54-35)16-23-8-10-24(56)11-9-23)43(67)55-14-6-7-31(55)41(65)52-27(15-21(2)3)37(61)48-18-34(47)59/h8-11,21-22,25-31,35,56H,5-7,12-20,44H2,1-4H3,(H2,45,57)(H2,46,58)(H2,47,59)(H,48,61)(H,49,66)(H,50,60)(H,51,62)(H,52,65)(H,53,63)(H,54,64)/t22-,25-,26?,27-,28-,29-,30-,31-,35-/m0/s1. The molecule has 0 aliphatic carbocycles. The molecule has 1 aromatic carbocycles. The molecule has 0 aromatic heterocycles. The van der Waals surface area contributed by atoms with Crippen molar-refractivity contribution >= 4 is 86.6 Å². The molecule has 2 aliphatic rings. The minimum atomic E-state index is -1.75. The molecule has 3 rings (SSSR count). The molecular weight excluding hydrogens is 941 g/mol. The maximum Gasteiger partial charge on any atom is 0.246 e. The molecule has 0 bridgehead atoms. The van der Waals surface area contributed by atoms with Gasteiger partial charge in [0, 0.05) is 30.9 Å². The van der Waals surface area contributed by atoms with Gasteiger partial charge in [-0.15, -0.1) is 0 Å². The second-order valence-electron chi connectivity index (χ2n) is 17.4. The zero-order valence-corrected chi connectivity index (χ0v) is 40.7. The van der Waals surface area contributed by atoms with E-state index < -0.39 is 145 Å². The van der Waals surface area contributed by atoms with Crippen molar-refractivity contribution in [1.82, 2.24) is 42.1 Å². The summed E-state index contributed by atoms with van der Waals surface area (Å²) in [6, 6.07) is -5.05. The van der Waals surface area contributed by atoms with E-state index in [1.54, 1.807) is 13.8 Å². The Morgan fingerprint density at radius 1 is 0.783 bits per heavy atom. The second-order valence-corrected chi connectivity index (χ2v) is 20.0. The maximum atomic E-state index is 14.5. The van der Waals surface area contributed by atoms with Crippen molar-refractivity contribution in [3.8, 4) is 5.75 Å². The summed E-state index contributed by atoms with van der Waals surface area (Å²) in [4.78, 5) is 148.